The normalized spacial score (nSPS) is 18.5. The lowest BCUT2D eigenvalue weighted by molar-refractivity contribution is 0.253. The Balaban J connectivity index is 0.00000288. The number of hydrogen-bond donors (Lipinski definition) is 3. The number of aliphatic hydroxyl groups excluding tert-OH is 1. The fourth-order valence-corrected chi connectivity index (χ4v) is 3.01. The van der Waals surface area contributed by atoms with E-state index in [0.29, 0.717) is 12.0 Å². The average molecular weight is 450 g/mol. The van der Waals surface area contributed by atoms with Crippen LogP contribution in [0.25, 0.3) is 0 Å². The highest BCUT2D eigenvalue weighted by molar-refractivity contribution is 14.0. The molecule has 1 aliphatic rings. The van der Waals surface area contributed by atoms with Crippen molar-refractivity contribution in [1.82, 2.24) is 25.4 Å². The molecule has 8 heteroatoms. The lowest BCUT2D eigenvalue weighted by atomic mass is 10.0. The van der Waals surface area contributed by atoms with Gasteiger partial charge in [0.15, 0.2) is 5.96 Å². The van der Waals surface area contributed by atoms with Crippen LogP contribution in [0.3, 0.4) is 0 Å². The summed E-state index contributed by atoms with van der Waals surface area (Å²) < 4.78 is 1.97. The number of hydrogen-bond acceptors (Lipinski definition) is 4. The van der Waals surface area contributed by atoms with Gasteiger partial charge < -0.3 is 15.7 Å². The zero-order valence-electron chi connectivity index (χ0n) is 14.7. The summed E-state index contributed by atoms with van der Waals surface area (Å²) in [6, 6.07) is 0.324. The molecule has 24 heavy (non-hydrogen) atoms. The highest BCUT2D eigenvalue weighted by atomic mass is 127. The van der Waals surface area contributed by atoms with E-state index >= 15 is 0 Å². The first kappa shape index (κ1) is 21.1. The van der Waals surface area contributed by atoms with E-state index in [1.165, 1.54) is 0 Å². The molecule has 0 radical (unpaired) electrons. The van der Waals surface area contributed by atoms with E-state index in [0.717, 1.165) is 63.5 Å². The molecule has 138 valence electrons. The van der Waals surface area contributed by atoms with Gasteiger partial charge in [-0.05, 0) is 32.1 Å². The highest BCUT2D eigenvalue weighted by Gasteiger charge is 2.20. The molecular formula is C16H31IN6O. The van der Waals surface area contributed by atoms with Gasteiger partial charge in [-0.3, -0.25) is 4.99 Å². The van der Waals surface area contributed by atoms with Crippen LogP contribution in [0.15, 0.2) is 11.3 Å². The van der Waals surface area contributed by atoms with Crippen LogP contribution in [0.4, 0.5) is 0 Å². The Kier molecular flexibility index (Phi) is 10.2. The first-order chi connectivity index (χ1) is 11.3. The van der Waals surface area contributed by atoms with Crippen molar-refractivity contribution >= 4 is 29.9 Å². The van der Waals surface area contributed by atoms with Gasteiger partial charge in [-0.15, -0.1) is 24.0 Å². The molecule has 0 amide bonds. The van der Waals surface area contributed by atoms with E-state index in [4.69, 9.17) is 4.99 Å². The van der Waals surface area contributed by atoms with E-state index in [-0.39, 0.29) is 30.6 Å². The van der Waals surface area contributed by atoms with Crippen molar-refractivity contribution in [3.63, 3.8) is 0 Å². The number of fused-ring (bicyclic) bond motifs is 1. The molecule has 3 N–H and O–H groups in total. The maximum atomic E-state index is 9.17. The number of aromatic nitrogens is 3. The molecule has 0 bridgehead atoms. The summed E-state index contributed by atoms with van der Waals surface area (Å²) in [5.41, 5.74) is 0. The maximum Gasteiger partial charge on any atom is 0.191 e. The van der Waals surface area contributed by atoms with Crippen molar-refractivity contribution < 1.29 is 5.11 Å². The van der Waals surface area contributed by atoms with E-state index in [2.05, 4.69) is 34.6 Å². The predicted octanol–water partition coefficient (Wildman–Crippen LogP) is 1.56. The molecule has 0 spiro atoms. The number of aliphatic imine (C=N–C) groups is 1. The van der Waals surface area contributed by atoms with Crippen LogP contribution in [-0.4, -0.2) is 51.6 Å². The number of nitrogens with one attached hydrogen (secondary N) is 2. The first-order valence-corrected chi connectivity index (χ1v) is 8.79. The molecule has 1 aromatic rings. The summed E-state index contributed by atoms with van der Waals surface area (Å²) in [4.78, 5) is 8.99. The second-order valence-corrected chi connectivity index (χ2v) is 6.12. The molecule has 0 aromatic carbocycles. The van der Waals surface area contributed by atoms with Gasteiger partial charge >= 0.3 is 0 Å². The molecular weight excluding hydrogens is 419 g/mol. The summed E-state index contributed by atoms with van der Waals surface area (Å²) in [5, 5.41) is 20.3. The van der Waals surface area contributed by atoms with Crippen molar-refractivity contribution in [2.24, 2.45) is 10.9 Å². The van der Waals surface area contributed by atoms with Crippen LogP contribution in [0.2, 0.25) is 0 Å². The minimum absolute atomic E-state index is 0. The minimum Gasteiger partial charge on any atom is -0.396 e. The minimum atomic E-state index is 0. The monoisotopic (exact) mass is 450 g/mol. The Labute approximate surface area is 161 Å². The number of guanidine groups is 1. The third kappa shape index (κ3) is 6.54. The van der Waals surface area contributed by atoms with Crippen molar-refractivity contribution in [3.8, 4) is 0 Å². The maximum absolute atomic E-state index is 9.17. The van der Waals surface area contributed by atoms with Gasteiger partial charge in [-0.25, -0.2) is 9.67 Å². The SMILES string of the molecule is CCCC(CCO)CN=C(NCC)NC1CCc2ncnn2C1.I. The number of rotatable bonds is 8. The van der Waals surface area contributed by atoms with Gasteiger partial charge in [-0.1, -0.05) is 13.3 Å². The lowest BCUT2D eigenvalue weighted by Crippen LogP contribution is -2.47. The van der Waals surface area contributed by atoms with Crippen molar-refractivity contribution in [1.29, 1.82) is 0 Å². The topological polar surface area (TPSA) is 87.4 Å². The molecule has 7 nitrogen and oxygen atoms in total. The Hall–Kier alpha value is -0.900. The number of halogens is 1. The summed E-state index contributed by atoms with van der Waals surface area (Å²) in [6.07, 6.45) is 6.67. The highest BCUT2D eigenvalue weighted by Crippen LogP contribution is 2.12. The summed E-state index contributed by atoms with van der Waals surface area (Å²) in [6.45, 7) is 6.91. The summed E-state index contributed by atoms with van der Waals surface area (Å²) in [7, 11) is 0. The molecule has 1 aliphatic heterocycles. The van der Waals surface area contributed by atoms with Crippen LogP contribution in [-0.2, 0) is 13.0 Å². The molecule has 0 saturated carbocycles. The summed E-state index contributed by atoms with van der Waals surface area (Å²) >= 11 is 0. The third-order valence-corrected chi connectivity index (χ3v) is 4.23. The molecule has 2 rings (SSSR count). The van der Waals surface area contributed by atoms with E-state index in [1.807, 2.05) is 4.68 Å². The van der Waals surface area contributed by atoms with Crippen LogP contribution in [0, 0.1) is 5.92 Å². The molecule has 1 aromatic heterocycles. The number of nitrogens with zero attached hydrogens (tertiary/aromatic N) is 4. The van der Waals surface area contributed by atoms with Crippen LogP contribution in [0.1, 0.15) is 45.4 Å². The van der Waals surface area contributed by atoms with Crippen LogP contribution in [0.5, 0.6) is 0 Å². The first-order valence-electron chi connectivity index (χ1n) is 8.79. The van der Waals surface area contributed by atoms with Crippen molar-refractivity contribution in [3.05, 3.63) is 12.2 Å². The number of aryl methyl sites for hydroxylation is 1. The van der Waals surface area contributed by atoms with Gasteiger partial charge in [0.05, 0.1) is 6.54 Å². The van der Waals surface area contributed by atoms with Gasteiger partial charge in [0, 0.05) is 32.2 Å². The molecule has 0 aliphatic carbocycles. The largest absolute Gasteiger partial charge is 0.396 e. The Morgan fingerprint density at radius 1 is 1.46 bits per heavy atom. The van der Waals surface area contributed by atoms with Crippen LogP contribution >= 0.6 is 24.0 Å². The molecule has 2 heterocycles. The zero-order valence-corrected chi connectivity index (χ0v) is 17.1. The smallest absolute Gasteiger partial charge is 0.191 e. The Morgan fingerprint density at radius 3 is 3.00 bits per heavy atom. The Bertz CT molecular complexity index is 487. The van der Waals surface area contributed by atoms with Gasteiger partial charge in [0.1, 0.15) is 12.2 Å². The fraction of sp³-hybridized carbons (Fsp3) is 0.812. The zero-order chi connectivity index (χ0) is 16.5. The predicted molar refractivity (Wildman–Crippen MR) is 107 cm³/mol. The quantitative estimate of drug-likeness (QED) is 0.318. The summed E-state index contributed by atoms with van der Waals surface area (Å²) in [5.74, 6) is 2.38. The average Bonchev–Trinajstić information content (AvgIpc) is 3.00. The third-order valence-electron chi connectivity index (χ3n) is 4.23. The van der Waals surface area contributed by atoms with Crippen LogP contribution < -0.4 is 10.6 Å². The molecule has 2 atom stereocenters. The number of aliphatic hydroxyl groups is 1. The van der Waals surface area contributed by atoms with E-state index in [1.54, 1.807) is 6.33 Å². The van der Waals surface area contributed by atoms with E-state index in [9.17, 15) is 5.11 Å². The fourth-order valence-electron chi connectivity index (χ4n) is 3.01. The van der Waals surface area contributed by atoms with Crippen molar-refractivity contribution in [2.75, 3.05) is 19.7 Å². The van der Waals surface area contributed by atoms with Gasteiger partial charge in [0.2, 0.25) is 0 Å². The second-order valence-electron chi connectivity index (χ2n) is 6.12. The van der Waals surface area contributed by atoms with E-state index < -0.39 is 0 Å². The van der Waals surface area contributed by atoms with Gasteiger partial charge in [-0.2, -0.15) is 5.10 Å². The second kappa shape index (κ2) is 11.6. The standard InChI is InChI=1S/C16H30N6O.HI/c1-3-5-13(8-9-23)10-18-16(17-4-2)21-14-6-7-15-19-12-20-22(15)11-14;/h12-14,23H,3-11H2,1-2H3,(H2,17,18,21);1H. The lowest BCUT2D eigenvalue weighted by Gasteiger charge is -2.25. The van der Waals surface area contributed by atoms with Crippen molar-refractivity contribution in [2.45, 2.75) is 58.5 Å². The Morgan fingerprint density at radius 2 is 2.29 bits per heavy atom. The molecule has 0 fully saturated rings. The molecule has 0 saturated heterocycles. The molecule has 2 unspecified atom stereocenters. The van der Waals surface area contributed by atoms with Gasteiger partial charge in [0.25, 0.3) is 0 Å².